The molecule has 37 heavy (non-hydrogen) atoms. The number of imidazole rings is 1. The molecule has 1 aliphatic rings. The lowest BCUT2D eigenvalue weighted by Gasteiger charge is -2.12. The quantitative estimate of drug-likeness (QED) is 0.362. The number of benzene rings is 2. The maximum atomic E-state index is 13.2. The van der Waals surface area contributed by atoms with Crippen LogP contribution >= 0.6 is 0 Å². The number of pyridine rings is 2. The Balaban J connectivity index is 0.000000355. The smallest absolute Gasteiger partial charge is 0.475 e. The van der Waals surface area contributed by atoms with Crippen LogP contribution in [0.15, 0.2) is 78.1 Å². The summed E-state index contributed by atoms with van der Waals surface area (Å²) in [6, 6.07) is 18.2. The number of carbonyl (C=O) groups is 1. The SMILES string of the molecule is O=C(O)C(F)(F)F.O=c1c2ccccc2cc2n1Cc1c-2nc2ccccc2c1CCCn1ccnc1. The highest BCUT2D eigenvalue weighted by Gasteiger charge is 2.38. The molecule has 0 bridgehead atoms. The number of hydrogen-bond acceptors (Lipinski definition) is 4. The molecule has 0 amide bonds. The maximum absolute atomic E-state index is 13.2. The third kappa shape index (κ3) is 4.69. The van der Waals surface area contributed by atoms with Crippen LogP contribution in [-0.4, -0.2) is 36.4 Å². The van der Waals surface area contributed by atoms with Crippen molar-refractivity contribution in [2.24, 2.45) is 0 Å². The van der Waals surface area contributed by atoms with E-state index in [1.807, 2.05) is 53.6 Å². The molecule has 0 fully saturated rings. The van der Waals surface area contributed by atoms with Crippen molar-refractivity contribution in [3.8, 4) is 11.4 Å². The van der Waals surface area contributed by atoms with Gasteiger partial charge in [-0.1, -0.05) is 36.4 Å². The van der Waals surface area contributed by atoms with Crippen molar-refractivity contribution in [3.63, 3.8) is 0 Å². The number of alkyl halides is 3. The summed E-state index contributed by atoms with van der Waals surface area (Å²) in [7, 11) is 0. The van der Waals surface area contributed by atoms with E-state index in [1.165, 1.54) is 16.5 Å². The number of carboxylic acids is 1. The molecule has 6 rings (SSSR count). The monoisotopic (exact) mass is 506 g/mol. The first kappa shape index (κ1) is 24.2. The molecule has 2 aromatic carbocycles. The highest BCUT2D eigenvalue weighted by molar-refractivity contribution is 5.91. The summed E-state index contributed by atoms with van der Waals surface area (Å²) >= 11 is 0. The Bertz CT molecular complexity index is 1680. The summed E-state index contributed by atoms with van der Waals surface area (Å²) in [5.41, 5.74) is 5.43. The minimum absolute atomic E-state index is 0.0644. The lowest BCUT2D eigenvalue weighted by molar-refractivity contribution is -0.192. The van der Waals surface area contributed by atoms with Gasteiger partial charge >= 0.3 is 12.1 Å². The van der Waals surface area contributed by atoms with E-state index in [0.29, 0.717) is 6.54 Å². The number of rotatable bonds is 4. The Hall–Kier alpha value is -4.47. The van der Waals surface area contributed by atoms with E-state index in [2.05, 4.69) is 33.8 Å². The van der Waals surface area contributed by atoms with Crippen LogP contribution < -0.4 is 5.56 Å². The normalized spacial score (nSPS) is 12.2. The van der Waals surface area contributed by atoms with Crippen molar-refractivity contribution in [1.82, 2.24) is 19.1 Å². The molecule has 0 radical (unpaired) electrons. The highest BCUT2D eigenvalue weighted by atomic mass is 19.4. The zero-order chi connectivity index (χ0) is 26.2. The number of carboxylic acid groups (broad SMARTS) is 1. The molecule has 188 valence electrons. The maximum Gasteiger partial charge on any atom is 0.490 e. The Kier molecular flexibility index (Phi) is 6.24. The van der Waals surface area contributed by atoms with Crippen LogP contribution in [0.5, 0.6) is 0 Å². The molecule has 0 aliphatic carbocycles. The minimum Gasteiger partial charge on any atom is -0.475 e. The summed E-state index contributed by atoms with van der Waals surface area (Å²) < 4.78 is 35.7. The molecule has 0 saturated heterocycles. The second-order valence-electron chi connectivity index (χ2n) is 8.65. The molecule has 0 atom stereocenters. The molecule has 7 nitrogen and oxygen atoms in total. The molecule has 1 aliphatic heterocycles. The fraction of sp³-hybridized carbons (Fsp3) is 0.185. The van der Waals surface area contributed by atoms with Crippen molar-refractivity contribution in [3.05, 3.63) is 94.8 Å². The number of hydrogen-bond donors (Lipinski definition) is 1. The Morgan fingerprint density at radius 2 is 1.76 bits per heavy atom. The third-order valence-corrected chi connectivity index (χ3v) is 6.33. The molecule has 1 N–H and O–H groups in total. The van der Waals surface area contributed by atoms with E-state index in [9.17, 15) is 18.0 Å². The molecule has 10 heteroatoms. The van der Waals surface area contributed by atoms with E-state index < -0.39 is 12.1 Å². The van der Waals surface area contributed by atoms with Crippen molar-refractivity contribution in [2.75, 3.05) is 0 Å². The van der Waals surface area contributed by atoms with Gasteiger partial charge in [0.25, 0.3) is 5.56 Å². The fourth-order valence-corrected chi connectivity index (χ4v) is 4.65. The van der Waals surface area contributed by atoms with Gasteiger partial charge in [0.15, 0.2) is 0 Å². The first-order chi connectivity index (χ1) is 17.7. The first-order valence-electron chi connectivity index (χ1n) is 11.5. The standard InChI is InChI=1S/C25H20N4O.C2HF3O2/c30-25-18-7-2-1-6-17(18)14-23-24-21(15-29(23)25)19(9-5-12-28-13-11-26-16-28)20-8-3-4-10-22(20)27-24;3-2(4,5)1(6)7/h1-4,6-8,10-11,13-14,16H,5,9,12,15H2;(H,6,7). The summed E-state index contributed by atoms with van der Waals surface area (Å²) in [5.74, 6) is -2.76. The zero-order valence-corrected chi connectivity index (χ0v) is 19.4. The van der Waals surface area contributed by atoms with Crippen molar-refractivity contribution < 1.29 is 23.1 Å². The second-order valence-corrected chi connectivity index (χ2v) is 8.65. The van der Waals surface area contributed by atoms with Crippen LogP contribution in [0.25, 0.3) is 33.1 Å². The number of aromatic nitrogens is 4. The van der Waals surface area contributed by atoms with E-state index >= 15 is 0 Å². The number of nitrogens with zero attached hydrogens (tertiary/aromatic N) is 4. The van der Waals surface area contributed by atoms with Gasteiger partial charge in [0.2, 0.25) is 0 Å². The molecular formula is C27H21F3N4O3. The van der Waals surface area contributed by atoms with E-state index in [0.717, 1.165) is 47.1 Å². The van der Waals surface area contributed by atoms with Gasteiger partial charge < -0.3 is 14.2 Å². The predicted octanol–water partition coefficient (Wildman–Crippen LogP) is 5.04. The van der Waals surface area contributed by atoms with Gasteiger partial charge in [-0.15, -0.1) is 0 Å². The molecule has 4 heterocycles. The van der Waals surface area contributed by atoms with Gasteiger partial charge in [0.05, 0.1) is 29.8 Å². The number of para-hydroxylation sites is 1. The summed E-state index contributed by atoms with van der Waals surface area (Å²) in [6.45, 7) is 1.51. The van der Waals surface area contributed by atoms with Crippen LogP contribution in [0.4, 0.5) is 13.2 Å². The molecule has 0 unspecified atom stereocenters. The molecule has 0 saturated carbocycles. The molecule has 5 aromatic rings. The van der Waals surface area contributed by atoms with Gasteiger partial charge in [-0.3, -0.25) is 4.79 Å². The molecule has 3 aromatic heterocycles. The van der Waals surface area contributed by atoms with Crippen LogP contribution in [0, 0.1) is 0 Å². The van der Waals surface area contributed by atoms with Gasteiger partial charge in [-0.05, 0) is 42.0 Å². The van der Waals surface area contributed by atoms with Gasteiger partial charge in [-0.2, -0.15) is 13.2 Å². The van der Waals surface area contributed by atoms with Crippen molar-refractivity contribution in [2.45, 2.75) is 32.1 Å². The number of fused-ring (bicyclic) bond motifs is 5. The summed E-state index contributed by atoms with van der Waals surface area (Å²) in [4.78, 5) is 31.2. The zero-order valence-electron chi connectivity index (χ0n) is 19.4. The Labute approximate surface area is 208 Å². The molecule has 0 spiro atoms. The largest absolute Gasteiger partial charge is 0.490 e. The van der Waals surface area contributed by atoms with E-state index in [4.69, 9.17) is 14.9 Å². The van der Waals surface area contributed by atoms with Crippen LogP contribution in [0.3, 0.4) is 0 Å². The van der Waals surface area contributed by atoms with Gasteiger partial charge in [0, 0.05) is 35.3 Å². The van der Waals surface area contributed by atoms with Crippen LogP contribution in [0.1, 0.15) is 17.5 Å². The van der Waals surface area contributed by atoms with Crippen molar-refractivity contribution >= 4 is 27.6 Å². The average Bonchev–Trinajstić information content (AvgIpc) is 3.52. The summed E-state index contributed by atoms with van der Waals surface area (Å²) in [5, 5.41) is 10.0. The highest BCUT2D eigenvalue weighted by Crippen LogP contribution is 2.36. The number of aliphatic carboxylic acids is 1. The first-order valence-corrected chi connectivity index (χ1v) is 11.5. The van der Waals surface area contributed by atoms with Crippen LogP contribution in [0.2, 0.25) is 0 Å². The minimum atomic E-state index is -5.08. The summed E-state index contributed by atoms with van der Waals surface area (Å²) in [6.07, 6.45) is 2.52. The average molecular weight is 506 g/mol. The Morgan fingerprint density at radius 3 is 2.46 bits per heavy atom. The second kappa shape index (κ2) is 9.53. The van der Waals surface area contributed by atoms with E-state index in [-0.39, 0.29) is 5.56 Å². The van der Waals surface area contributed by atoms with Crippen LogP contribution in [-0.2, 0) is 24.3 Å². The topological polar surface area (TPSA) is 90.0 Å². The fourth-order valence-electron chi connectivity index (χ4n) is 4.65. The Morgan fingerprint density at radius 1 is 1.05 bits per heavy atom. The lowest BCUT2D eigenvalue weighted by Crippen LogP contribution is -2.21. The third-order valence-electron chi connectivity index (χ3n) is 6.33. The number of aryl methyl sites for hydroxylation is 2. The molecular weight excluding hydrogens is 485 g/mol. The van der Waals surface area contributed by atoms with Gasteiger partial charge in [-0.25, -0.2) is 14.8 Å². The number of halogens is 3. The van der Waals surface area contributed by atoms with E-state index in [1.54, 1.807) is 0 Å². The predicted molar refractivity (Wildman–Crippen MR) is 132 cm³/mol. The lowest BCUT2D eigenvalue weighted by atomic mass is 9.96. The van der Waals surface area contributed by atoms with Crippen molar-refractivity contribution in [1.29, 1.82) is 0 Å². The van der Waals surface area contributed by atoms with Gasteiger partial charge in [0.1, 0.15) is 0 Å².